The average Bonchev–Trinajstić information content (AvgIpc) is 3.05. The number of piperidine rings is 1. The van der Waals surface area contributed by atoms with Gasteiger partial charge in [0.2, 0.25) is 11.8 Å². The molecule has 0 bridgehead atoms. The summed E-state index contributed by atoms with van der Waals surface area (Å²) in [6, 6.07) is 7.86. The number of nitrogens with one attached hydrogen (secondary N) is 1. The highest BCUT2D eigenvalue weighted by Gasteiger charge is 2.31. The van der Waals surface area contributed by atoms with Gasteiger partial charge in [0.05, 0.1) is 11.7 Å². The predicted molar refractivity (Wildman–Crippen MR) is 114 cm³/mol. The van der Waals surface area contributed by atoms with E-state index in [1.54, 1.807) is 0 Å². The van der Waals surface area contributed by atoms with Crippen molar-refractivity contribution >= 4 is 17.5 Å². The highest BCUT2D eigenvalue weighted by atomic mass is 35.5. The molecule has 3 heterocycles. The third-order valence-electron chi connectivity index (χ3n) is 6.07. The first kappa shape index (κ1) is 20.4. The highest BCUT2D eigenvalue weighted by molar-refractivity contribution is 6.30. The topological polar surface area (TPSA) is 61.6 Å². The number of aromatic nitrogens is 1. The SMILES string of the molecule is CCN1CC(NC(=O)C2CCN(Cc3nc(-c4ccc(Cl)cc4)oc3C)CC2)C1. The molecule has 2 aliphatic heterocycles. The van der Waals surface area contributed by atoms with Crippen LogP contribution < -0.4 is 5.32 Å². The fourth-order valence-electron chi connectivity index (χ4n) is 4.09. The molecule has 0 aliphatic carbocycles. The van der Waals surface area contributed by atoms with E-state index in [0.29, 0.717) is 17.0 Å². The van der Waals surface area contributed by atoms with Crippen molar-refractivity contribution in [2.45, 2.75) is 39.3 Å². The molecule has 7 heteroatoms. The Bertz CT molecular complexity index is 837. The lowest BCUT2D eigenvalue weighted by Gasteiger charge is -2.40. The first-order valence-electron chi connectivity index (χ1n) is 10.5. The Morgan fingerprint density at radius 3 is 2.55 bits per heavy atom. The quantitative estimate of drug-likeness (QED) is 0.782. The van der Waals surface area contributed by atoms with Crippen molar-refractivity contribution in [1.29, 1.82) is 0 Å². The van der Waals surface area contributed by atoms with Gasteiger partial charge in [-0.05, 0) is 63.7 Å². The molecule has 1 aromatic heterocycles. The monoisotopic (exact) mass is 416 g/mol. The minimum atomic E-state index is 0.130. The molecule has 2 saturated heterocycles. The second kappa shape index (κ2) is 8.86. The first-order chi connectivity index (χ1) is 14.0. The van der Waals surface area contributed by atoms with Gasteiger partial charge in [-0.2, -0.15) is 0 Å². The van der Waals surface area contributed by atoms with E-state index in [1.807, 2.05) is 31.2 Å². The number of carbonyl (C=O) groups is 1. The molecule has 2 fully saturated rings. The lowest BCUT2D eigenvalue weighted by molar-refractivity contribution is -0.128. The molecule has 2 aliphatic rings. The Kier molecular flexibility index (Phi) is 6.23. The summed E-state index contributed by atoms with van der Waals surface area (Å²) in [5.74, 6) is 1.84. The molecule has 0 atom stereocenters. The van der Waals surface area contributed by atoms with Crippen LogP contribution in [0.1, 0.15) is 31.2 Å². The number of carbonyl (C=O) groups excluding carboxylic acids is 1. The second-order valence-electron chi connectivity index (χ2n) is 8.14. The maximum Gasteiger partial charge on any atom is 0.226 e. The first-order valence-corrected chi connectivity index (χ1v) is 10.9. The van der Waals surface area contributed by atoms with Crippen LogP contribution in [-0.2, 0) is 11.3 Å². The van der Waals surface area contributed by atoms with Gasteiger partial charge in [0, 0.05) is 36.1 Å². The molecule has 0 saturated carbocycles. The largest absolute Gasteiger partial charge is 0.441 e. The Morgan fingerprint density at radius 1 is 1.21 bits per heavy atom. The van der Waals surface area contributed by atoms with Crippen molar-refractivity contribution in [2.24, 2.45) is 5.92 Å². The molecule has 1 amide bonds. The third kappa shape index (κ3) is 4.82. The van der Waals surface area contributed by atoms with Crippen LogP contribution in [0.4, 0.5) is 0 Å². The maximum atomic E-state index is 12.5. The molecule has 4 rings (SSSR count). The van der Waals surface area contributed by atoms with Crippen LogP contribution in [0.2, 0.25) is 5.02 Å². The van der Waals surface area contributed by atoms with E-state index in [-0.39, 0.29) is 11.8 Å². The summed E-state index contributed by atoms with van der Waals surface area (Å²) in [7, 11) is 0. The number of amides is 1. The number of nitrogens with zero attached hydrogens (tertiary/aromatic N) is 3. The number of oxazole rings is 1. The summed E-state index contributed by atoms with van der Waals surface area (Å²) in [5, 5.41) is 3.91. The zero-order valence-electron chi connectivity index (χ0n) is 17.2. The molecular formula is C22H29ClN4O2. The molecule has 1 aromatic carbocycles. The van der Waals surface area contributed by atoms with Crippen LogP contribution in [0.3, 0.4) is 0 Å². The summed E-state index contributed by atoms with van der Waals surface area (Å²) >= 11 is 5.96. The number of halogens is 1. The fourth-order valence-corrected chi connectivity index (χ4v) is 4.22. The smallest absolute Gasteiger partial charge is 0.226 e. The van der Waals surface area contributed by atoms with Gasteiger partial charge in [0.25, 0.3) is 0 Å². The van der Waals surface area contributed by atoms with E-state index in [9.17, 15) is 4.79 Å². The lowest BCUT2D eigenvalue weighted by Crippen LogP contribution is -2.60. The van der Waals surface area contributed by atoms with Crippen LogP contribution in [-0.4, -0.2) is 59.5 Å². The molecule has 0 unspecified atom stereocenters. The van der Waals surface area contributed by atoms with Gasteiger partial charge in [-0.15, -0.1) is 0 Å². The van der Waals surface area contributed by atoms with Crippen molar-refractivity contribution < 1.29 is 9.21 Å². The van der Waals surface area contributed by atoms with Gasteiger partial charge >= 0.3 is 0 Å². The Labute approximate surface area is 177 Å². The molecule has 0 radical (unpaired) electrons. The summed E-state index contributed by atoms with van der Waals surface area (Å²) in [6.45, 7) is 9.73. The number of benzene rings is 1. The van der Waals surface area contributed by atoms with Crippen molar-refractivity contribution in [3.05, 3.63) is 40.7 Å². The van der Waals surface area contributed by atoms with Gasteiger partial charge in [0.1, 0.15) is 5.76 Å². The minimum absolute atomic E-state index is 0.130. The van der Waals surface area contributed by atoms with E-state index < -0.39 is 0 Å². The number of hydrogen-bond donors (Lipinski definition) is 1. The van der Waals surface area contributed by atoms with Gasteiger partial charge in [-0.1, -0.05) is 18.5 Å². The highest BCUT2D eigenvalue weighted by Crippen LogP contribution is 2.25. The second-order valence-corrected chi connectivity index (χ2v) is 8.57. The minimum Gasteiger partial charge on any atom is -0.441 e. The van der Waals surface area contributed by atoms with Crippen LogP contribution in [0, 0.1) is 12.8 Å². The fraction of sp³-hybridized carbons (Fsp3) is 0.545. The van der Waals surface area contributed by atoms with Gasteiger partial charge < -0.3 is 9.73 Å². The molecule has 29 heavy (non-hydrogen) atoms. The van der Waals surface area contributed by atoms with Crippen LogP contribution in [0.15, 0.2) is 28.7 Å². The zero-order chi connectivity index (χ0) is 20.4. The predicted octanol–water partition coefficient (Wildman–Crippen LogP) is 3.34. The number of likely N-dealkylation sites (N-methyl/N-ethyl adjacent to an activating group) is 1. The van der Waals surface area contributed by atoms with Gasteiger partial charge in [0.15, 0.2) is 0 Å². The lowest BCUT2D eigenvalue weighted by atomic mass is 9.95. The number of hydrogen-bond acceptors (Lipinski definition) is 5. The van der Waals surface area contributed by atoms with Crippen molar-refractivity contribution in [2.75, 3.05) is 32.7 Å². The Morgan fingerprint density at radius 2 is 1.90 bits per heavy atom. The van der Waals surface area contributed by atoms with Crippen molar-refractivity contribution in [3.63, 3.8) is 0 Å². The van der Waals surface area contributed by atoms with E-state index in [0.717, 1.165) is 69.1 Å². The van der Waals surface area contributed by atoms with Crippen molar-refractivity contribution in [3.8, 4) is 11.5 Å². The number of aryl methyl sites for hydroxylation is 1. The molecule has 1 N–H and O–H groups in total. The van der Waals surface area contributed by atoms with E-state index in [2.05, 4.69) is 22.0 Å². The Balaban J connectivity index is 1.27. The molecular weight excluding hydrogens is 388 g/mol. The van der Waals surface area contributed by atoms with Gasteiger partial charge in [-0.3, -0.25) is 14.6 Å². The number of likely N-dealkylation sites (tertiary alicyclic amines) is 2. The van der Waals surface area contributed by atoms with Crippen LogP contribution in [0.5, 0.6) is 0 Å². The van der Waals surface area contributed by atoms with E-state index >= 15 is 0 Å². The summed E-state index contributed by atoms with van der Waals surface area (Å²) in [5.41, 5.74) is 1.89. The normalized spacial score (nSPS) is 19.3. The van der Waals surface area contributed by atoms with E-state index in [1.165, 1.54) is 0 Å². The molecule has 2 aromatic rings. The summed E-state index contributed by atoms with van der Waals surface area (Å²) < 4.78 is 5.87. The molecule has 0 spiro atoms. The summed E-state index contributed by atoms with van der Waals surface area (Å²) in [4.78, 5) is 21.9. The molecule has 6 nitrogen and oxygen atoms in total. The zero-order valence-corrected chi connectivity index (χ0v) is 17.9. The standard InChI is InChI=1S/C22H29ClN4O2/c1-3-26-12-19(13-26)24-21(28)16-8-10-27(11-9-16)14-20-15(2)29-22(25-20)17-4-6-18(23)7-5-17/h4-7,16,19H,3,8-14H2,1-2H3,(H,24,28). The average molecular weight is 417 g/mol. The van der Waals surface area contributed by atoms with Crippen LogP contribution in [0.25, 0.3) is 11.5 Å². The Hall–Kier alpha value is -1.89. The maximum absolute atomic E-state index is 12.5. The summed E-state index contributed by atoms with van der Waals surface area (Å²) in [6.07, 6.45) is 1.80. The van der Waals surface area contributed by atoms with Crippen LogP contribution >= 0.6 is 11.6 Å². The van der Waals surface area contributed by atoms with Crippen molar-refractivity contribution in [1.82, 2.24) is 20.1 Å². The van der Waals surface area contributed by atoms with E-state index in [4.69, 9.17) is 21.0 Å². The number of rotatable bonds is 6. The third-order valence-corrected chi connectivity index (χ3v) is 6.32. The molecule has 156 valence electrons. The van der Waals surface area contributed by atoms with Gasteiger partial charge in [-0.25, -0.2) is 4.98 Å².